The molecule has 0 aromatic carbocycles. The average Bonchev–Trinajstić information content (AvgIpc) is 2.89. The molecule has 2 aliphatic heterocycles. The Bertz CT molecular complexity index is 626. The van der Waals surface area contributed by atoms with Gasteiger partial charge in [-0.25, -0.2) is 0 Å². The van der Waals surface area contributed by atoms with Crippen LogP contribution in [0.15, 0.2) is 34.2 Å². The summed E-state index contributed by atoms with van der Waals surface area (Å²) in [6, 6.07) is 0. The number of fused-ring (bicyclic) bond motifs is 1. The lowest BCUT2D eigenvalue weighted by Crippen LogP contribution is -2.42. The van der Waals surface area contributed by atoms with Crippen molar-refractivity contribution >= 4 is 0 Å². The van der Waals surface area contributed by atoms with Crippen LogP contribution in [0.1, 0.15) is 47.0 Å². The minimum Gasteiger partial charge on any atom is -0.512 e. The SMILES string of the molecule is CC1CC2=C(O1)C(OCC(O)CNC(C)(C)C)=C1OCCC(O)=C1C2. The van der Waals surface area contributed by atoms with Gasteiger partial charge in [0.2, 0.25) is 5.76 Å². The van der Waals surface area contributed by atoms with Gasteiger partial charge in [-0.3, -0.25) is 0 Å². The van der Waals surface area contributed by atoms with Gasteiger partial charge in [-0.2, -0.15) is 0 Å². The van der Waals surface area contributed by atoms with Crippen molar-refractivity contribution < 1.29 is 24.4 Å². The zero-order chi connectivity index (χ0) is 18.2. The molecule has 0 aromatic rings. The number of β-amino-alcohol motifs (C(OH)–C–C–N with tert-alkyl or cyclic N) is 1. The maximum atomic E-state index is 10.2. The summed E-state index contributed by atoms with van der Waals surface area (Å²) in [5.74, 6) is 2.16. The molecule has 0 amide bonds. The van der Waals surface area contributed by atoms with E-state index in [0.717, 1.165) is 23.3 Å². The highest BCUT2D eigenvalue weighted by molar-refractivity contribution is 5.49. The highest BCUT2D eigenvalue weighted by atomic mass is 16.6. The Labute approximate surface area is 149 Å². The summed E-state index contributed by atoms with van der Waals surface area (Å²) < 4.78 is 17.6. The van der Waals surface area contributed by atoms with Crippen molar-refractivity contribution in [1.82, 2.24) is 5.32 Å². The number of nitrogens with one attached hydrogen (secondary N) is 1. The Kier molecular flexibility index (Phi) is 5.02. The van der Waals surface area contributed by atoms with Crippen molar-refractivity contribution in [3.63, 3.8) is 0 Å². The smallest absolute Gasteiger partial charge is 0.204 e. The largest absolute Gasteiger partial charge is 0.512 e. The van der Waals surface area contributed by atoms with Crippen molar-refractivity contribution in [2.24, 2.45) is 0 Å². The van der Waals surface area contributed by atoms with Crippen LogP contribution in [0.4, 0.5) is 0 Å². The maximum absolute atomic E-state index is 10.2. The summed E-state index contributed by atoms with van der Waals surface area (Å²) in [5, 5.41) is 23.7. The summed E-state index contributed by atoms with van der Waals surface area (Å²) in [6.45, 7) is 9.15. The van der Waals surface area contributed by atoms with Gasteiger partial charge in [-0.05, 0) is 33.3 Å². The van der Waals surface area contributed by atoms with E-state index in [-0.39, 0.29) is 18.2 Å². The minimum absolute atomic E-state index is 0.0679. The number of ether oxygens (including phenoxy) is 3. The topological polar surface area (TPSA) is 80.2 Å². The molecule has 0 fully saturated rings. The third kappa shape index (κ3) is 4.12. The summed E-state index contributed by atoms with van der Waals surface area (Å²) >= 11 is 0. The maximum Gasteiger partial charge on any atom is 0.204 e. The van der Waals surface area contributed by atoms with Gasteiger partial charge in [-0.1, -0.05) is 0 Å². The molecular weight excluding hydrogens is 322 g/mol. The molecule has 25 heavy (non-hydrogen) atoms. The number of hydrogen-bond donors (Lipinski definition) is 3. The standard InChI is InChI=1S/C19H29NO5/c1-11-7-12-8-14-15(22)5-6-23-17(14)18(16(12)25-11)24-10-13(21)9-20-19(2,3)4/h11,13,20-22H,5-10H2,1-4H3. The lowest BCUT2D eigenvalue weighted by Gasteiger charge is -2.29. The van der Waals surface area contributed by atoms with Gasteiger partial charge in [0.25, 0.3) is 0 Å². The number of allylic oxidation sites excluding steroid dienone is 1. The number of aliphatic hydroxyl groups is 2. The van der Waals surface area contributed by atoms with E-state index in [4.69, 9.17) is 14.2 Å². The Morgan fingerprint density at radius 3 is 2.80 bits per heavy atom. The molecule has 6 heteroatoms. The van der Waals surface area contributed by atoms with Gasteiger partial charge in [0.15, 0.2) is 11.5 Å². The monoisotopic (exact) mass is 351 g/mol. The molecule has 0 spiro atoms. The van der Waals surface area contributed by atoms with Crippen LogP contribution in [0.5, 0.6) is 0 Å². The Balaban J connectivity index is 1.75. The third-order valence-corrected chi connectivity index (χ3v) is 4.47. The first-order valence-electron chi connectivity index (χ1n) is 8.98. The van der Waals surface area contributed by atoms with Crippen molar-refractivity contribution in [2.75, 3.05) is 19.8 Å². The molecule has 0 saturated carbocycles. The fourth-order valence-electron chi connectivity index (χ4n) is 3.25. The van der Waals surface area contributed by atoms with E-state index in [2.05, 4.69) is 5.32 Å². The molecule has 6 nitrogen and oxygen atoms in total. The van der Waals surface area contributed by atoms with Crippen molar-refractivity contribution in [2.45, 2.75) is 64.7 Å². The molecule has 3 aliphatic rings. The molecule has 2 heterocycles. The van der Waals surface area contributed by atoms with E-state index < -0.39 is 6.10 Å². The van der Waals surface area contributed by atoms with Gasteiger partial charge in [0.05, 0.1) is 12.7 Å². The van der Waals surface area contributed by atoms with Gasteiger partial charge in [0.1, 0.15) is 18.5 Å². The van der Waals surface area contributed by atoms with Crippen molar-refractivity contribution in [1.29, 1.82) is 0 Å². The molecule has 0 saturated heterocycles. The van der Waals surface area contributed by atoms with Gasteiger partial charge < -0.3 is 29.7 Å². The van der Waals surface area contributed by atoms with Gasteiger partial charge >= 0.3 is 0 Å². The van der Waals surface area contributed by atoms with Crippen LogP contribution in [0.25, 0.3) is 0 Å². The van der Waals surface area contributed by atoms with Crippen LogP contribution in [0, 0.1) is 0 Å². The Hall–Kier alpha value is -1.66. The van der Waals surface area contributed by atoms with Crippen molar-refractivity contribution in [3.8, 4) is 0 Å². The van der Waals surface area contributed by atoms with E-state index >= 15 is 0 Å². The predicted molar refractivity (Wildman–Crippen MR) is 93.8 cm³/mol. The quantitative estimate of drug-likeness (QED) is 0.707. The molecule has 0 bridgehead atoms. The Morgan fingerprint density at radius 2 is 2.08 bits per heavy atom. The molecular formula is C19H29NO5. The summed E-state index contributed by atoms with van der Waals surface area (Å²) in [4.78, 5) is 0. The molecule has 0 radical (unpaired) electrons. The van der Waals surface area contributed by atoms with Crippen LogP contribution >= 0.6 is 0 Å². The van der Waals surface area contributed by atoms with E-state index in [9.17, 15) is 10.2 Å². The molecule has 0 aromatic heterocycles. The second-order valence-corrected chi connectivity index (χ2v) is 8.02. The van der Waals surface area contributed by atoms with E-state index in [1.165, 1.54) is 0 Å². The first kappa shape index (κ1) is 18.1. The van der Waals surface area contributed by atoms with Crippen LogP contribution in [0.2, 0.25) is 0 Å². The third-order valence-electron chi connectivity index (χ3n) is 4.47. The van der Waals surface area contributed by atoms with Gasteiger partial charge in [0, 0.05) is 36.9 Å². The summed E-state index contributed by atoms with van der Waals surface area (Å²) in [6.07, 6.45) is 1.41. The average molecular weight is 351 g/mol. The van der Waals surface area contributed by atoms with E-state index in [0.29, 0.717) is 43.3 Å². The van der Waals surface area contributed by atoms with Gasteiger partial charge in [-0.15, -0.1) is 0 Å². The number of hydrogen-bond acceptors (Lipinski definition) is 6. The molecule has 3 N–H and O–H groups in total. The highest BCUT2D eigenvalue weighted by Gasteiger charge is 2.38. The Morgan fingerprint density at radius 1 is 1.32 bits per heavy atom. The summed E-state index contributed by atoms with van der Waals surface area (Å²) in [7, 11) is 0. The molecule has 1 aliphatic carbocycles. The lowest BCUT2D eigenvalue weighted by molar-refractivity contribution is 0.0450. The van der Waals surface area contributed by atoms with E-state index in [1.807, 2.05) is 27.7 Å². The summed E-state index contributed by atoms with van der Waals surface area (Å²) in [5.41, 5.74) is 1.85. The van der Waals surface area contributed by atoms with Crippen LogP contribution in [-0.4, -0.2) is 47.7 Å². The molecule has 2 atom stereocenters. The van der Waals surface area contributed by atoms with Crippen molar-refractivity contribution in [3.05, 3.63) is 34.2 Å². The zero-order valence-corrected chi connectivity index (χ0v) is 15.5. The zero-order valence-electron chi connectivity index (χ0n) is 15.5. The lowest BCUT2D eigenvalue weighted by atomic mass is 9.91. The first-order valence-corrected chi connectivity index (χ1v) is 8.98. The molecule has 3 rings (SSSR count). The fourth-order valence-corrected chi connectivity index (χ4v) is 3.25. The highest BCUT2D eigenvalue weighted by Crippen LogP contribution is 2.44. The second kappa shape index (κ2) is 6.92. The van der Waals surface area contributed by atoms with Crippen LogP contribution < -0.4 is 5.32 Å². The molecule has 2 unspecified atom stereocenters. The van der Waals surface area contributed by atoms with Crippen LogP contribution in [0.3, 0.4) is 0 Å². The number of rotatable bonds is 5. The van der Waals surface area contributed by atoms with E-state index in [1.54, 1.807) is 0 Å². The molecule has 140 valence electrons. The normalized spacial score (nSPS) is 24.6. The fraction of sp³-hybridized carbons (Fsp3) is 0.684. The first-order chi connectivity index (χ1) is 11.7. The number of aliphatic hydroxyl groups excluding tert-OH is 2. The minimum atomic E-state index is -0.651. The second-order valence-electron chi connectivity index (χ2n) is 8.02. The van der Waals surface area contributed by atoms with Crippen LogP contribution in [-0.2, 0) is 14.2 Å². The predicted octanol–water partition coefficient (Wildman–Crippen LogP) is 2.66.